The molecule has 0 atom stereocenters. The minimum atomic E-state index is -0.534. The van der Waals surface area contributed by atoms with Crippen molar-refractivity contribution in [2.75, 3.05) is 13.2 Å². The molecule has 0 bridgehead atoms. The molecule has 0 radical (unpaired) electrons. The van der Waals surface area contributed by atoms with Gasteiger partial charge in [0.25, 0.3) is 0 Å². The van der Waals surface area contributed by atoms with E-state index < -0.39 is 5.60 Å². The third-order valence-electron chi connectivity index (χ3n) is 2.95. The van der Waals surface area contributed by atoms with Gasteiger partial charge in [-0.3, -0.25) is 0 Å². The van der Waals surface area contributed by atoms with E-state index in [2.05, 4.69) is 19.3 Å². The van der Waals surface area contributed by atoms with Crippen LogP contribution in [-0.4, -0.2) is 23.9 Å². The van der Waals surface area contributed by atoms with E-state index in [1.165, 1.54) is 12.8 Å². The highest BCUT2D eigenvalue weighted by molar-refractivity contribution is 4.81. The second-order valence-electron chi connectivity index (χ2n) is 5.16. The summed E-state index contributed by atoms with van der Waals surface area (Å²) in [6, 6.07) is 0. The zero-order valence-corrected chi connectivity index (χ0v) is 10.1. The van der Waals surface area contributed by atoms with E-state index >= 15 is 0 Å². The Labute approximate surface area is 93.2 Å². The molecule has 3 heteroatoms. The average Bonchev–Trinajstić information content (AvgIpc) is 2.38. The summed E-state index contributed by atoms with van der Waals surface area (Å²) in [4.78, 5) is 5.29. The van der Waals surface area contributed by atoms with Crippen LogP contribution in [-0.2, 0) is 4.84 Å². The molecular formula is C12H25NO2. The molecule has 0 aromatic carbocycles. The molecule has 0 amide bonds. The molecule has 1 aliphatic rings. The summed E-state index contributed by atoms with van der Waals surface area (Å²) >= 11 is 0. The number of hydroxylamine groups is 1. The van der Waals surface area contributed by atoms with Gasteiger partial charge in [0.15, 0.2) is 0 Å². The summed E-state index contributed by atoms with van der Waals surface area (Å²) in [5.74, 6) is 0.529. The van der Waals surface area contributed by atoms with Crippen molar-refractivity contribution in [1.29, 1.82) is 0 Å². The van der Waals surface area contributed by atoms with Gasteiger partial charge in [-0.05, 0) is 18.8 Å². The van der Waals surface area contributed by atoms with Gasteiger partial charge in [0.2, 0.25) is 0 Å². The average molecular weight is 215 g/mol. The van der Waals surface area contributed by atoms with E-state index in [1.54, 1.807) is 0 Å². The maximum atomic E-state index is 10.3. The molecule has 0 spiro atoms. The minimum Gasteiger partial charge on any atom is -0.388 e. The SMILES string of the molecule is CC(C)CONCC1(O)CCCCCC1. The van der Waals surface area contributed by atoms with Crippen molar-refractivity contribution in [3.8, 4) is 0 Å². The molecule has 0 saturated heterocycles. The molecule has 0 aromatic heterocycles. The highest BCUT2D eigenvalue weighted by atomic mass is 16.6. The second kappa shape index (κ2) is 6.46. The van der Waals surface area contributed by atoms with Crippen LogP contribution in [0.15, 0.2) is 0 Å². The van der Waals surface area contributed by atoms with Gasteiger partial charge in [-0.2, -0.15) is 5.48 Å². The predicted molar refractivity (Wildman–Crippen MR) is 61.4 cm³/mol. The maximum absolute atomic E-state index is 10.3. The fourth-order valence-corrected chi connectivity index (χ4v) is 1.97. The molecule has 2 N–H and O–H groups in total. The molecule has 1 fully saturated rings. The molecule has 0 heterocycles. The van der Waals surface area contributed by atoms with Crippen LogP contribution < -0.4 is 5.48 Å². The summed E-state index contributed by atoms with van der Waals surface area (Å²) < 4.78 is 0. The first-order valence-electron chi connectivity index (χ1n) is 6.19. The molecule has 1 aliphatic carbocycles. The van der Waals surface area contributed by atoms with E-state index in [-0.39, 0.29) is 0 Å². The van der Waals surface area contributed by atoms with Crippen molar-refractivity contribution >= 4 is 0 Å². The van der Waals surface area contributed by atoms with Crippen molar-refractivity contribution < 1.29 is 9.94 Å². The normalized spacial score (nSPS) is 21.6. The molecule has 0 unspecified atom stereocenters. The van der Waals surface area contributed by atoms with Crippen LogP contribution in [0, 0.1) is 5.92 Å². The summed E-state index contributed by atoms with van der Waals surface area (Å²) in [5, 5.41) is 10.3. The topological polar surface area (TPSA) is 41.5 Å². The molecule has 0 aliphatic heterocycles. The number of aliphatic hydroxyl groups is 1. The summed E-state index contributed by atoms with van der Waals surface area (Å²) in [7, 11) is 0. The summed E-state index contributed by atoms with van der Waals surface area (Å²) in [6.07, 6.45) is 6.62. The van der Waals surface area contributed by atoms with Crippen molar-refractivity contribution in [2.24, 2.45) is 5.92 Å². The van der Waals surface area contributed by atoms with E-state index in [4.69, 9.17) is 4.84 Å². The zero-order chi connectivity index (χ0) is 11.1. The zero-order valence-electron chi connectivity index (χ0n) is 10.1. The first-order valence-corrected chi connectivity index (χ1v) is 6.19. The molecular weight excluding hydrogens is 190 g/mol. The number of hydrogen-bond donors (Lipinski definition) is 2. The standard InChI is InChI=1S/C12H25NO2/c1-11(2)9-15-13-10-12(14)7-5-3-4-6-8-12/h11,13-14H,3-10H2,1-2H3. The molecule has 15 heavy (non-hydrogen) atoms. The smallest absolute Gasteiger partial charge is 0.0794 e. The fraction of sp³-hybridized carbons (Fsp3) is 1.00. The van der Waals surface area contributed by atoms with Gasteiger partial charge in [-0.25, -0.2) is 0 Å². The van der Waals surface area contributed by atoms with Gasteiger partial charge >= 0.3 is 0 Å². The lowest BCUT2D eigenvalue weighted by Gasteiger charge is -2.26. The van der Waals surface area contributed by atoms with Crippen molar-refractivity contribution in [1.82, 2.24) is 5.48 Å². The van der Waals surface area contributed by atoms with Gasteiger partial charge in [-0.15, -0.1) is 0 Å². The Balaban J connectivity index is 2.16. The van der Waals surface area contributed by atoms with Crippen LogP contribution in [0.5, 0.6) is 0 Å². The van der Waals surface area contributed by atoms with Crippen LogP contribution in [0.1, 0.15) is 52.4 Å². The summed E-state index contributed by atoms with van der Waals surface area (Å²) in [6.45, 7) is 5.50. The Bertz CT molecular complexity index is 163. The third kappa shape index (κ3) is 5.50. The van der Waals surface area contributed by atoms with E-state index in [0.29, 0.717) is 19.1 Å². The lowest BCUT2D eigenvalue weighted by atomic mass is 9.95. The highest BCUT2D eigenvalue weighted by Crippen LogP contribution is 2.26. The molecule has 1 saturated carbocycles. The summed E-state index contributed by atoms with van der Waals surface area (Å²) in [5.41, 5.74) is 2.37. The van der Waals surface area contributed by atoms with Crippen molar-refractivity contribution in [3.05, 3.63) is 0 Å². The lowest BCUT2D eigenvalue weighted by molar-refractivity contribution is -0.0461. The monoisotopic (exact) mass is 215 g/mol. The van der Waals surface area contributed by atoms with Crippen LogP contribution in [0.4, 0.5) is 0 Å². The van der Waals surface area contributed by atoms with E-state index in [0.717, 1.165) is 25.7 Å². The minimum absolute atomic E-state index is 0.529. The highest BCUT2D eigenvalue weighted by Gasteiger charge is 2.27. The molecule has 3 nitrogen and oxygen atoms in total. The Morgan fingerprint density at radius 1 is 1.20 bits per heavy atom. The van der Waals surface area contributed by atoms with Gasteiger partial charge in [0, 0.05) is 6.54 Å². The maximum Gasteiger partial charge on any atom is 0.0794 e. The number of rotatable bonds is 5. The first kappa shape index (κ1) is 12.9. The molecule has 0 aromatic rings. The quantitative estimate of drug-likeness (QED) is 0.420. The van der Waals surface area contributed by atoms with Crippen LogP contribution >= 0.6 is 0 Å². The van der Waals surface area contributed by atoms with Crippen molar-refractivity contribution in [3.63, 3.8) is 0 Å². The van der Waals surface area contributed by atoms with Gasteiger partial charge in [-0.1, -0.05) is 39.5 Å². The second-order valence-corrected chi connectivity index (χ2v) is 5.16. The number of nitrogens with one attached hydrogen (secondary N) is 1. The Morgan fingerprint density at radius 3 is 2.33 bits per heavy atom. The van der Waals surface area contributed by atoms with E-state index in [1.807, 2.05) is 0 Å². The van der Waals surface area contributed by atoms with Crippen molar-refractivity contribution in [2.45, 2.75) is 58.0 Å². The van der Waals surface area contributed by atoms with Crippen LogP contribution in [0.3, 0.4) is 0 Å². The third-order valence-corrected chi connectivity index (χ3v) is 2.95. The fourth-order valence-electron chi connectivity index (χ4n) is 1.97. The first-order chi connectivity index (χ1) is 7.12. The Morgan fingerprint density at radius 2 is 1.80 bits per heavy atom. The van der Waals surface area contributed by atoms with Crippen LogP contribution in [0.25, 0.3) is 0 Å². The Hall–Kier alpha value is -0.120. The lowest BCUT2D eigenvalue weighted by Crippen LogP contribution is -2.40. The predicted octanol–water partition coefficient (Wildman–Crippen LogP) is 2.25. The van der Waals surface area contributed by atoms with Gasteiger partial charge in [0.1, 0.15) is 0 Å². The van der Waals surface area contributed by atoms with Gasteiger partial charge < -0.3 is 9.94 Å². The Kier molecular flexibility index (Phi) is 5.58. The van der Waals surface area contributed by atoms with Crippen LogP contribution in [0.2, 0.25) is 0 Å². The van der Waals surface area contributed by atoms with Gasteiger partial charge in [0.05, 0.1) is 12.2 Å². The largest absolute Gasteiger partial charge is 0.388 e. The van der Waals surface area contributed by atoms with E-state index in [9.17, 15) is 5.11 Å². The number of hydrogen-bond acceptors (Lipinski definition) is 3. The molecule has 90 valence electrons. The molecule has 1 rings (SSSR count).